The molecule has 26 heavy (non-hydrogen) atoms. The van der Waals surface area contributed by atoms with Crippen molar-refractivity contribution in [2.45, 2.75) is 46.0 Å². The molecule has 0 aliphatic rings. The van der Waals surface area contributed by atoms with E-state index in [1.807, 2.05) is 26.8 Å². The highest BCUT2D eigenvalue weighted by Gasteiger charge is 2.33. The molecule has 0 spiro atoms. The zero-order chi connectivity index (χ0) is 18.4. The van der Waals surface area contributed by atoms with Gasteiger partial charge in [0, 0.05) is 18.0 Å². The zero-order valence-electron chi connectivity index (χ0n) is 14.6. The van der Waals surface area contributed by atoms with Crippen LogP contribution >= 0.6 is 35.3 Å². The van der Waals surface area contributed by atoms with Crippen molar-refractivity contribution in [2.75, 3.05) is 6.54 Å². The summed E-state index contributed by atoms with van der Waals surface area (Å²) in [7, 11) is 0. The van der Waals surface area contributed by atoms with Gasteiger partial charge in [0.1, 0.15) is 11.6 Å². The molecule has 0 saturated heterocycles. The minimum absolute atomic E-state index is 0. The molecule has 6 nitrogen and oxygen atoms in total. The molecule has 11 heteroatoms. The molecule has 0 aromatic carbocycles. The van der Waals surface area contributed by atoms with Crippen LogP contribution in [0, 0.1) is 0 Å². The molecule has 2 heterocycles. The summed E-state index contributed by atoms with van der Waals surface area (Å²) in [6, 6.07) is 1.84. The van der Waals surface area contributed by atoms with Crippen LogP contribution in [0.1, 0.15) is 48.8 Å². The van der Waals surface area contributed by atoms with E-state index in [2.05, 4.69) is 25.8 Å². The third-order valence-corrected chi connectivity index (χ3v) is 4.00. The first-order valence-electron chi connectivity index (χ1n) is 7.78. The maximum atomic E-state index is 12.6. The highest BCUT2D eigenvalue weighted by Crippen LogP contribution is 2.29. The first-order valence-corrected chi connectivity index (χ1v) is 8.66. The van der Waals surface area contributed by atoms with Gasteiger partial charge in [0.15, 0.2) is 17.4 Å². The van der Waals surface area contributed by atoms with Crippen molar-refractivity contribution in [1.82, 2.24) is 20.8 Å². The number of nitrogens with zero attached hydrogens (tertiary/aromatic N) is 3. The van der Waals surface area contributed by atoms with Gasteiger partial charge >= 0.3 is 6.18 Å². The van der Waals surface area contributed by atoms with Gasteiger partial charge in [-0.05, 0) is 12.8 Å². The Bertz CT molecular complexity index is 714. The molecule has 2 N–H and O–H groups in total. The quantitative estimate of drug-likeness (QED) is 0.352. The lowest BCUT2D eigenvalue weighted by Crippen LogP contribution is -2.36. The third-order valence-electron chi connectivity index (χ3n) is 3.16. The van der Waals surface area contributed by atoms with Crippen molar-refractivity contribution in [3.63, 3.8) is 0 Å². The fourth-order valence-corrected chi connectivity index (χ4v) is 2.60. The normalized spacial score (nSPS) is 12.2. The Morgan fingerprint density at radius 1 is 1.35 bits per heavy atom. The van der Waals surface area contributed by atoms with E-state index < -0.39 is 11.9 Å². The highest BCUT2D eigenvalue weighted by molar-refractivity contribution is 14.0. The molecule has 2 aromatic rings. The van der Waals surface area contributed by atoms with Crippen LogP contribution in [0.5, 0.6) is 0 Å². The predicted octanol–water partition coefficient (Wildman–Crippen LogP) is 4.15. The average Bonchev–Trinajstić information content (AvgIpc) is 3.18. The summed E-state index contributed by atoms with van der Waals surface area (Å²) in [4.78, 5) is 7.92. The molecule has 0 amide bonds. The maximum absolute atomic E-state index is 12.6. The largest absolute Gasteiger partial charge is 0.434 e. The second-order valence-corrected chi connectivity index (χ2v) is 6.49. The van der Waals surface area contributed by atoms with Crippen LogP contribution in [0.25, 0.3) is 0 Å². The molecule has 0 atom stereocenters. The Hall–Kier alpha value is -1.37. The number of hydrogen-bond acceptors (Lipinski definition) is 5. The van der Waals surface area contributed by atoms with Gasteiger partial charge in [-0.3, -0.25) is 0 Å². The van der Waals surface area contributed by atoms with Crippen LogP contribution in [0.15, 0.2) is 21.0 Å². The van der Waals surface area contributed by atoms with Gasteiger partial charge < -0.3 is 15.2 Å². The van der Waals surface area contributed by atoms with E-state index >= 15 is 0 Å². The standard InChI is InChI=1S/C15H20F3N5OS.HI/c1-4-19-14(20-6-10-5-11(9(2)3)23-24-10)21-7-13-22-12(8-25-13)15(16,17)18;/h5,8-9H,4,6-7H2,1-3H3,(H2,19,20,21);1H. The molecule has 146 valence electrons. The second kappa shape index (κ2) is 10.1. The summed E-state index contributed by atoms with van der Waals surface area (Å²) in [6.07, 6.45) is -4.42. The fraction of sp³-hybridized carbons (Fsp3) is 0.533. The molecule has 0 fully saturated rings. The molecule has 2 rings (SSSR count). The first-order chi connectivity index (χ1) is 11.8. The Morgan fingerprint density at radius 2 is 2.08 bits per heavy atom. The molecular formula is C15H21F3IN5OS. The van der Waals surface area contributed by atoms with Crippen molar-refractivity contribution in [1.29, 1.82) is 0 Å². The summed E-state index contributed by atoms with van der Waals surface area (Å²) in [5.74, 6) is 1.35. The van der Waals surface area contributed by atoms with Gasteiger partial charge in [-0.1, -0.05) is 19.0 Å². The number of thiazole rings is 1. The molecule has 0 aliphatic carbocycles. The molecule has 0 radical (unpaired) electrons. The van der Waals surface area contributed by atoms with Gasteiger partial charge in [-0.15, -0.1) is 35.3 Å². The number of rotatable bonds is 6. The number of alkyl halides is 3. The highest BCUT2D eigenvalue weighted by atomic mass is 127. The van der Waals surface area contributed by atoms with Gasteiger partial charge in [-0.2, -0.15) is 13.2 Å². The lowest BCUT2D eigenvalue weighted by atomic mass is 10.1. The van der Waals surface area contributed by atoms with Gasteiger partial charge in [-0.25, -0.2) is 9.98 Å². The van der Waals surface area contributed by atoms with Crippen LogP contribution in [-0.2, 0) is 19.3 Å². The Kier molecular flexibility index (Phi) is 8.80. The summed E-state index contributed by atoms with van der Waals surface area (Å²) in [5.41, 5.74) is -0.0234. The first kappa shape index (κ1) is 22.7. The van der Waals surface area contributed by atoms with Crippen LogP contribution in [-0.4, -0.2) is 22.6 Å². The predicted molar refractivity (Wildman–Crippen MR) is 105 cm³/mol. The zero-order valence-corrected chi connectivity index (χ0v) is 17.7. The van der Waals surface area contributed by atoms with Crippen LogP contribution in [0.2, 0.25) is 0 Å². The van der Waals surface area contributed by atoms with E-state index in [0.717, 1.165) is 22.4 Å². The number of halogens is 4. The Morgan fingerprint density at radius 3 is 2.62 bits per heavy atom. The summed E-state index contributed by atoms with van der Waals surface area (Å²) >= 11 is 0.953. The lowest BCUT2D eigenvalue weighted by molar-refractivity contribution is -0.140. The van der Waals surface area contributed by atoms with E-state index in [1.54, 1.807) is 0 Å². The monoisotopic (exact) mass is 503 g/mol. The van der Waals surface area contributed by atoms with Crippen molar-refractivity contribution in [3.05, 3.63) is 33.6 Å². The van der Waals surface area contributed by atoms with Crippen LogP contribution in [0.3, 0.4) is 0 Å². The summed E-state index contributed by atoms with van der Waals surface area (Å²) < 4.78 is 42.9. The minimum atomic E-state index is -4.42. The topological polar surface area (TPSA) is 75.3 Å². The number of guanidine groups is 1. The number of nitrogens with one attached hydrogen (secondary N) is 2. The molecule has 2 aromatic heterocycles. The minimum Gasteiger partial charge on any atom is -0.359 e. The van der Waals surface area contributed by atoms with E-state index in [1.165, 1.54) is 0 Å². The maximum Gasteiger partial charge on any atom is 0.434 e. The van der Waals surface area contributed by atoms with Gasteiger partial charge in [0.2, 0.25) is 0 Å². The van der Waals surface area contributed by atoms with Crippen molar-refractivity contribution >= 4 is 41.3 Å². The van der Waals surface area contributed by atoms with Gasteiger partial charge in [0.25, 0.3) is 0 Å². The van der Waals surface area contributed by atoms with Crippen molar-refractivity contribution < 1.29 is 17.7 Å². The molecule has 0 aliphatic heterocycles. The smallest absolute Gasteiger partial charge is 0.359 e. The van der Waals surface area contributed by atoms with Crippen LogP contribution in [0.4, 0.5) is 13.2 Å². The van der Waals surface area contributed by atoms with Crippen molar-refractivity contribution in [3.8, 4) is 0 Å². The van der Waals surface area contributed by atoms with E-state index in [0.29, 0.717) is 23.3 Å². The number of aromatic nitrogens is 2. The van der Waals surface area contributed by atoms with Gasteiger partial charge in [0.05, 0.1) is 12.2 Å². The van der Waals surface area contributed by atoms with E-state index in [9.17, 15) is 13.2 Å². The number of hydrogen-bond donors (Lipinski definition) is 2. The van der Waals surface area contributed by atoms with E-state index in [4.69, 9.17) is 4.52 Å². The average molecular weight is 503 g/mol. The van der Waals surface area contributed by atoms with Crippen LogP contribution < -0.4 is 10.6 Å². The molecule has 0 saturated carbocycles. The summed E-state index contributed by atoms with van der Waals surface area (Å²) in [5, 5.41) is 11.3. The number of aliphatic imine (C=N–C) groups is 1. The Balaban J connectivity index is 0.00000338. The third kappa shape index (κ3) is 6.74. The second-order valence-electron chi connectivity index (χ2n) is 5.55. The molecule has 0 unspecified atom stereocenters. The van der Waals surface area contributed by atoms with Crippen molar-refractivity contribution in [2.24, 2.45) is 4.99 Å². The fourth-order valence-electron chi connectivity index (χ4n) is 1.86. The molecule has 0 bridgehead atoms. The lowest BCUT2D eigenvalue weighted by Gasteiger charge is -2.09. The SMILES string of the molecule is CCNC(=NCc1cc(C(C)C)no1)NCc1nc(C(F)(F)F)cs1.I. The summed E-state index contributed by atoms with van der Waals surface area (Å²) in [6.45, 7) is 6.97. The Labute approximate surface area is 170 Å². The molecular weight excluding hydrogens is 482 g/mol. The van der Waals surface area contributed by atoms with E-state index in [-0.39, 0.29) is 43.0 Å².